The fourth-order valence-electron chi connectivity index (χ4n) is 17.7. The molecule has 11 aliphatic heterocycles. The largest absolute Gasteiger partial charge is 0.394 e. The third-order valence-electron chi connectivity index (χ3n) is 25.0. The molecular formula is C76H127N5O56. The Kier molecular flexibility index (Phi) is 40.7. The highest BCUT2D eigenvalue weighted by Gasteiger charge is 2.63. The second kappa shape index (κ2) is 49.5. The third-order valence-corrected chi connectivity index (χ3v) is 25.0. The van der Waals surface area contributed by atoms with Crippen molar-refractivity contribution in [3.05, 3.63) is 0 Å². The summed E-state index contributed by atoms with van der Waals surface area (Å²) in [4.78, 5) is 65.0. The molecular weight excluding hydrogens is 1880 g/mol. The SMILES string of the molecule is CC(=O)N[C@@H]1[C@@H](O)[C@H](O[C@@H]2O[C@H](CO)[C@@H](O[C@@H]3O[C@H](CO[C@H]4O[C@H](CO[C@H]5O[C@H](CO)[C@@H](O)[C@H](O)[C@@H]5O[C@H]5O[C@H](CO)[C@@H](O)[C@H](O)[C@@H]5O)[C@@H](O)[C@H](O[C@H]5O[C@H](CO)[C@@H](O)[C@H](O)[C@@H]5O)[C@@H]4O)[C@@H](O[C@@H]4O[C@H](CO)[C@@H](O)[C@H](O)[C@H]4NC(C)=O)[C@H](O[C@H]4O[C@H](CO)[C@@H](O[C@@H]5O[C@H](CO)[C@@H](O)[C@H](O)[C@H]5NC(C)=O)[C@H](O)[C@@H]4O[C@@H]4O[C@H](CO)[C@@H](O)[C@H](O)[C@H]4NC(C)=O)[C@@H]3O)[C@H](O)[C@H]2NC(C)=O)[C@@H](CO)O[C@H]1O. The van der Waals surface area contributed by atoms with E-state index in [1.165, 1.54) is 0 Å². The molecule has 0 saturated carbocycles. The lowest BCUT2D eigenvalue weighted by molar-refractivity contribution is -0.412. The van der Waals surface area contributed by atoms with Crippen molar-refractivity contribution in [2.45, 2.75) is 372 Å². The summed E-state index contributed by atoms with van der Waals surface area (Å²) in [6.45, 7) is -8.79. The van der Waals surface area contributed by atoms with Crippen LogP contribution in [0.1, 0.15) is 34.6 Å². The molecule has 0 aromatic carbocycles. The number of rotatable bonds is 36. The van der Waals surface area contributed by atoms with Crippen molar-refractivity contribution in [1.82, 2.24) is 26.6 Å². The van der Waals surface area contributed by atoms with Gasteiger partial charge in [0.25, 0.3) is 0 Å². The van der Waals surface area contributed by atoms with Crippen LogP contribution >= 0.6 is 0 Å². The molecule has 792 valence electrons. The van der Waals surface area contributed by atoms with Crippen LogP contribution in [0, 0.1) is 0 Å². The van der Waals surface area contributed by atoms with Crippen molar-refractivity contribution in [2.75, 3.05) is 72.7 Å². The molecule has 0 radical (unpaired) electrons. The molecule has 11 aliphatic rings. The number of aliphatic hydroxyl groups excluding tert-OH is 30. The van der Waals surface area contributed by atoms with Crippen LogP contribution < -0.4 is 26.6 Å². The van der Waals surface area contributed by atoms with Gasteiger partial charge < -0.3 is 279 Å². The average molecular weight is 2010 g/mol. The number of carbonyl (C=O) groups excluding carboxylic acids is 5. The lowest BCUT2D eigenvalue weighted by Crippen LogP contribution is -2.72. The second-order valence-corrected chi connectivity index (χ2v) is 34.6. The van der Waals surface area contributed by atoms with E-state index in [1.807, 2.05) is 0 Å². The van der Waals surface area contributed by atoms with Crippen molar-refractivity contribution in [3.63, 3.8) is 0 Å². The minimum absolute atomic E-state index is 0.848. The van der Waals surface area contributed by atoms with E-state index in [4.69, 9.17) is 99.5 Å². The van der Waals surface area contributed by atoms with Gasteiger partial charge in [-0.25, -0.2) is 0 Å². The molecule has 61 heteroatoms. The molecule has 61 nitrogen and oxygen atoms in total. The molecule has 5 amide bonds. The molecule has 0 spiro atoms. The number of aliphatic hydroxyl groups is 30. The first kappa shape index (κ1) is 113. The normalized spacial score (nSPS) is 48.9. The van der Waals surface area contributed by atoms with Gasteiger partial charge in [0.1, 0.15) is 268 Å². The number of hydrogen-bond acceptors (Lipinski definition) is 56. The second-order valence-electron chi connectivity index (χ2n) is 34.6. The molecule has 0 aliphatic carbocycles. The van der Waals surface area contributed by atoms with Crippen molar-refractivity contribution < 1.29 is 277 Å². The van der Waals surface area contributed by atoms with Crippen LogP contribution in [0.3, 0.4) is 0 Å². The van der Waals surface area contributed by atoms with E-state index in [-0.39, 0.29) is 0 Å². The standard InChI is InChI=1S/C76H127N5O56/c1-17(91)77-33-48(106)58(28(12-88)119-66(33)116)130-70-37(81-21(5)95)49(107)59(29(13-89)126-70)132-74-57(115)63(135-76-65(136-69-36(80-20(4)94)47(105)40(98)24(8-84)122-69)55(113)60(30(14-90)127-76)131-67-34(78-18(2)92)45(103)38(96)22(6-82)120-67)61(133-68-35(79-19(3)93)46(104)39(97)23(7-83)121-68)32(129-74)16-117-71-56(114)62(134-72-53(111)50(108)41(99)25(9-85)123-72)44(102)31(128-71)15-118-75-64(52(110)43(101)27(11-87)125-75)137-73-54(112)51(109)42(100)26(10-86)124-73/h22-76,82-90,96-116H,6-16H2,1-5H3,(H,77,91)(H,78,92)(H,79,93)(H,80,94)(H,81,95)/t22-,23-,24-,25-,26-,27-,28-,29-,30-,31-,32-,33-,34-,35-,36-,37-,38-,39-,40-,41-,42-,43-,44-,45-,46-,47-,48-,49-,50+,51+,52+,53+,54+,55+,56+,57+,58-,59-,60-,61-,62+,63-,64+,65+,66-,67+,68+,69+,70+,71+,72-,73-,74+,75+,76-/m1/s1. The predicted octanol–water partition coefficient (Wildman–Crippen LogP) is -24.3. The van der Waals surface area contributed by atoms with Crippen molar-refractivity contribution in [3.8, 4) is 0 Å². The fraction of sp³-hybridized carbons (Fsp3) is 0.934. The number of ether oxygens (including phenoxy) is 21. The Labute approximate surface area is 775 Å². The van der Waals surface area contributed by atoms with Crippen LogP contribution in [-0.4, -0.2) is 593 Å². The maximum Gasteiger partial charge on any atom is 0.217 e. The molecule has 55 atom stereocenters. The van der Waals surface area contributed by atoms with Gasteiger partial charge in [0.05, 0.1) is 72.7 Å². The highest BCUT2D eigenvalue weighted by atomic mass is 16.8. The quantitative estimate of drug-likeness (QED) is 0.0277. The van der Waals surface area contributed by atoms with Gasteiger partial charge in [-0.05, 0) is 0 Å². The molecule has 137 heavy (non-hydrogen) atoms. The summed E-state index contributed by atoms with van der Waals surface area (Å²) in [5.41, 5.74) is 0. The Bertz CT molecular complexity index is 3780. The maximum absolute atomic E-state index is 13.6. The van der Waals surface area contributed by atoms with Crippen molar-refractivity contribution >= 4 is 29.5 Å². The number of carbonyl (C=O) groups is 5. The first-order valence-corrected chi connectivity index (χ1v) is 43.6. The highest BCUT2D eigenvalue weighted by Crippen LogP contribution is 2.43. The van der Waals surface area contributed by atoms with Crippen molar-refractivity contribution in [2.24, 2.45) is 0 Å². The van der Waals surface area contributed by atoms with Crippen LogP contribution in [0.15, 0.2) is 0 Å². The summed E-state index contributed by atoms with van der Waals surface area (Å²) >= 11 is 0. The third kappa shape index (κ3) is 25.2. The molecule has 35 N–H and O–H groups in total. The zero-order chi connectivity index (χ0) is 101. The molecule has 0 unspecified atom stereocenters. The van der Waals surface area contributed by atoms with Gasteiger partial charge >= 0.3 is 0 Å². The summed E-state index contributed by atoms with van der Waals surface area (Å²) in [5, 5.41) is 352. The Morgan fingerprint density at radius 2 is 0.438 bits per heavy atom. The molecule has 11 rings (SSSR count). The summed E-state index contributed by atoms with van der Waals surface area (Å²) < 4.78 is 128. The smallest absolute Gasteiger partial charge is 0.217 e. The first-order valence-electron chi connectivity index (χ1n) is 43.6. The van der Waals surface area contributed by atoms with Gasteiger partial charge in [0.15, 0.2) is 69.2 Å². The minimum Gasteiger partial charge on any atom is -0.394 e. The van der Waals surface area contributed by atoms with E-state index in [0.717, 1.165) is 34.6 Å². The van der Waals surface area contributed by atoms with E-state index in [1.54, 1.807) is 0 Å². The maximum atomic E-state index is 13.6. The summed E-state index contributed by atoms with van der Waals surface area (Å²) in [5.74, 6) is -4.89. The van der Waals surface area contributed by atoms with Gasteiger partial charge in [0, 0.05) is 34.6 Å². The van der Waals surface area contributed by atoms with Gasteiger partial charge in [-0.1, -0.05) is 0 Å². The lowest BCUT2D eigenvalue weighted by Gasteiger charge is -2.53. The van der Waals surface area contributed by atoms with E-state index in [0.29, 0.717) is 0 Å². The zero-order valence-corrected chi connectivity index (χ0v) is 73.6. The minimum atomic E-state index is -2.88. The van der Waals surface area contributed by atoms with Crippen LogP contribution in [0.5, 0.6) is 0 Å². The Hall–Kier alpha value is -4.69. The molecule has 0 aromatic rings. The zero-order valence-electron chi connectivity index (χ0n) is 73.6. The Balaban J connectivity index is 1.06. The summed E-state index contributed by atoms with van der Waals surface area (Å²) in [6.07, 6.45) is -113. The monoisotopic (exact) mass is 2010 g/mol. The van der Waals surface area contributed by atoms with Crippen molar-refractivity contribution in [1.29, 1.82) is 0 Å². The lowest BCUT2D eigenvalue weighted by atomic mass is 9.93. The number of nitrogens with one attached hydrogen (secondary N) is 5. The topological polar surface area (TPSA) is 946 Å². The van der Waals surface area contributed by atoms with E-state index >= 15 is 0 Å². The highest BCUT2D eigenvalue weighted by molar-refractivity contribution is 5.75. The average Bonchev–Trinajstić information content (AvgIpc) is 0.752. The van der Waals surface area contributed by atoms with Gasteiger partial charge in [-0.15, -0.1) is 0 Å². The number of amides is 5. The van der Waals surface area contributed by atoms with Gasteiger partial charge in [-0.2, -0.15) is 0 Å². The molecule has 0 bridgehead atoms. The van der Waals surface area contributed by atoms with E-state index in [9.17, 15) is 177 Å². The van der Waals surface area contributed by atoms with Crippen LogP contribution in [0.4, 0.5) is 0 Å². The van der Waals surface area contributed by atoms with E-state index in [2.05, 4.69) is 26.6 Å². The molecule has 11 heterocycles. The van der Waals surface area contributed by atoms with E-state index < -0.39 is 440 Å². The first-order chi connectivity index (χ1) is 64.8. The predicted molar refractivity (Wildman–Crippen MR) is 420 cm³/mol. The molecule has 0 aromatic heterocycles. The van der Waals surface area contributed by atoms with Gasteiger partial charge in [0.2, 0.25) is 29.5 Å². The van der Waals surface area contributed by atoms with Gasteiger partial charge in [-0.3, -0.25) is 24.0 Å². The summed E-state index contributed by atoms with van der Waals surface area (Å²) in [7, 11) is 0. The Morgan fingerprint density at radius 3 is 0.847 bits per heavy atom. The number of hydrogen-bond donors (Lipinski definition) is 35. The fourth-order valence-corrected chi connectivity index (χ4v) is 17.7. The van der Waals surface area contributed by atoms with Crippen LogP contribution in [0.25, 0.3) is 0 Å². The Morgan fingerprint density at radius 1 is 0.190 bits per heavy atom. The summed E-state index contributed by atoms with van der Waals surface area (Å²) in [6, 6.07) is -9.88. The molecule has 11 saturated heterocycles. The van der Waals surface area contributed by atoms with Crippen LogP contribution in [0.2, 0.25) is 0 Å². The van der Waals surface area contributed by atoms with Crippen LogP contribution in [-0.2, 0) is 123 Å². The molecule has 11 fully saturated rings.